The van der Waals surface area contributed by atoms with E-state index in [0.29, 0.717) is 12.1 Å². The van der Waals surface area contributed by atoms with Crippen LogP contribution in [-0.2, 0) is 23.9 Å². The molecule has 0 heterocycles. The van der Waals surface area contributed by atoms with Crippen LogP contribution >= 0.6 is 0 Å². The Morgan fingerprint density at radius 1 is 0.833 bits per heavy atom. The summed E-state index contributed by atoms with van der Waals surface area (Å²) in [6.07, 6.45) is 0.147. The van der Waals surface area contributed by atoms with Crippen LogP contribution in [0.4, 0.5) is 10.5 Å². The highest BCUT2D eigenvalue weighted by Crippen LogP contribution is 2.19. The summed E-state index contributed by atoms with van der Waals surface area (Å²) in [5.41, 5.74) is 10.6. The fourth-order valence-electron chi connectivity index (χ4n) is 4.74. The molecule has 0 saturated carbocycles. The fraction of sp³-hybridized carbons (Fsp3) is 0.529. The second-order valence-electron chi connectivity index (χ2n) is 13.4. The van der Waals surface area contributed by atoms with Gasteiger partial charge in [0.25, 0.3) is 0 Å². The number of benzene rings is 2. The summed E-state index contributed by atoms with van der Waals surface area (Å²) >= 11 is 0. The highest BCUT2D eigenvalue weighted by Gasteiger charge is 2.31. The zero-order valence-corrected chi connectivity index (χ0v) is 29.0. The molecule has 48 heavy (non-hydrogen) atoms. The Kier molecular flexibility index (Phi) is 15.1. The fourth-order valence-corrected chi connectivity index (χ4v) is 4.74. The number of carbonyl (C=O) groups is 5. The molecule has 264 valence electrons. The number of alkyl carbamates (subject to hydrolysis) is 1. The zero-order valence-electron chi connectivity index (χ0n) is 29.0. The molecule has 0 aliphatic carbocycles. The van der Waals surface area contributed by atoms with E-state index in [4.69, 9.17) is 16.2 Å². The van der Waals surface area contributed by atoms with Crippen LogP contribution in [0.15, 0.2) is 47.5 Å². The molecule has 14 nitrogen and oxygen atoms in total. The molecule has 0 fully saturated rings. The number of nitrogens with two attached hydrogens (primary N) is 2. The molecule has 3 atom stereocenters. The minimum atomic E-state index is -0.987. The van der Waals surface area contributed by atoms with Crippen LogP contribution in [0.5, 0.6) is 0 Å². The number of amides is 5. The van der Waals surface area contributed by atoms with Crippen molar-refractivity contribution in [2.24, 2.45) is 28.3 Å². The highest BCUT2D eigenvalue weighted by atomic mass is 16.6. The molecule has 0 spiro atoms. The summed E-state index contributed by atoms with van der Waals surface area (Å²) in [4.78, 5) is 69.1. The number of carbonyl (C=O) groups excluding carboxylic acids is 5. The standard InChI is InChI=1S/C34H52N8O6/c1-20(2)17-26(41-31(46)28(21(3)4)42-33(47)48-34(5,6)7)29(44)38-19-27(43)40-25(13-10-16-37-32(35)36)30(45)39-24-15-14-22-11-8-9-12-23(22)18-24/h8-9,11-12,14-15,18,20-21,25-26,28H,10,13,16-17,19H2,1-7H3,(H,38,44)(H,39,45)(H,40,43)(H,41,46)(H,42,47)(H4,35,36,37)/t25-,26-,28-/m0/s1. The highest BCUT2D eigenvalue weighted by molar-refractivity contribution is 5.99. The average molecular weight is 669 g/mol. The van der Waals surface area contributed by atoms with E-state index in [1.807, 2.05) is 50.2 Å². The molecule has 0 unspecified atom stereocenters. The van der Waals surface area contributed by atoms with E-state index >= 15 is 0 Å². The van der Waals surface area contributed by atoms with Crippen LogP contribution in [0.2, 0.25) is 0 Å². The van der Waals surface area contributed by atoms with Crippen LogP contribution < -0.4 is 38.1 Å². The molecular weight excluding hydrogens is 616 g/mol. The van der Waals surface area contributed by atoms with Gasteiger partial charge in [-0.2, -0.15) is 0 Å². The largest absolute Gasteiger partial charge is 0.444 e. The van der Waals surface area contributed by atoms with Crippen molar-refractivity contribution in [2.75, 3.05) is 18.4 Å². The molecule has 0 bridgehead atoms. The van der Waals surface area contributed by atoms with E-state index in [0.717, 1.165) is 10.8 Å². The van der Waals surface area contributed by atoms with E-state index in [2.05, 4.69) is 31.6 Å². The number of anilines is 1. The number of rotatable bonds is 16. The molecule has 0 radical (unpaired) electrons. The van der Waals surface area contributed by atoms with Crippen molar-refractivity contribution >= 4 is 52.1 Å². The lowest BCUT2D eigenvalue weighted by Crippen LogP contribution is -2.57. The second kappa shape index (κ2) is 18.5. The maximum Gasteiger partial charge on any atom is 0.408 e. The maximum absolute atomic E-state index is 13.3. The summed E-state index contributed by atoms with van der Waals surface area (Å²) < 4.78 is 5.29. The summed E-state index contributed by atoms with van der Waals surface area (Å²) in [7, 11) is 0. The smallest absolute Gasteiger partial charge is 0.408 e. The number of hydrogen-bond acceptors (Lipinski definition) is 7. The third-order valence-corrected chi connectivity index (χ3v) is 7.00. The SMILES string of the molecule is CC(C)C[C@H](NC(=O)[C@@H](NC(=O)OC(C)(C)C)C(C)C)C(=O)NCC(=O)N[C@@H](CCCN=C(N)N)C(=O)Nc1ccc2ccccc2c1. The third-order valence-electron chi connectivity index (χ3n) is 7.00. The Balaban J connectivity index is 2.08. The number of guanidine groups is 1. The molecule has 9 N–H and O–H groups in total. The minimum absolute atomic E-state index is 0.0135. The van der Waals surface area contributed by atoms with Crippen molar-refractivity contribution in [3.05, 3.63) is 42.5 Å². The molecule has 14 heteroatoms. The Hall–Kier alpha value is -4.88. The third kappa shape index (κ3) is 14.3. The first-order valence-corrected chi connectivity index (χ1v) is 16.2. The number of aliphatic imine (C=N–C) groups is 1. The first kappa shape index (κ1) is 39.3. The number of nitrogens with zero attached hydrogens (tertiary/aromatic N) is 1. The van der Waals surface area contributed by atoms with E-state index < -0.39 is 60.0 Å². The van der Waals surface area contributed by atoms with Gasteiger partial charge in [0.2, 0.25) is 23.6 Å². The van der Waals surface area contributed by atoms with Gasteiger partial charge in [0, 0.05) is 12.2 Å². The summed E-state index contributed by atoms with van der Waals surface area (Å²) in [6, 6.07) is 10.3. The Labute approximate surface area is 282 Å². The summed E-state index contributed by atoms with van der Waals surface area (Å²) in [6.45, 7) is 12.2. The number of fused-ring (bicyclic) bond motifs is 1. The van der Waals surface area contributed by atoms with Gasteiger partial charge in [0.15, 0.2) is 5.96 Å². The predicted octanol–water partition coefficient (Wildman–Crippen LogP) is 2.51. The van der Waals surface area contributed by atoms with Gasteiger partial charge >= 0.3 is 6.09 Å². The lowest BCUT2D eigenvalue weighted by atomic mass is 10.00. The van der Waals surface area contributed by atoms with Crippen molar-refractivity contribution in [3.8, 4) is 0 Å². The Bertz CT molecular complexity index is 1450. The van der Waals surface area contributed by atoms with Crippen molar-refractivity contribution in [1.82, 2.24) is 21.3 Å². The van der Waals surface area contributed by atoms with Gasteiger partial charge in [-0.3, -0.25) is 24.2 Å². The van der Waals surface area contributed by atoms with Crippen molar-refractivity contribution in [2.45, 2.75) is 91.5 Å². The van der Waals surface area contributed by atoms with Crippen LogP contribution in [0.3, 0.4) is 0 Å². The van der Waals surface area contributed by atoms with E-state index in [9.17, 15) is 24.0 Å². The quantitative estimate of drug-likeness (QED) is 0.0799. The van der Waals surface area contributed by atoms with Crippen LogP contribution in [0.1, 0.15) is 67.7 Å². The average Bonchev–Trinajstić information content (AvgIpc) is 2.98. The maximum atomic E-state index is 13.3. The van der Waals surface area contributed by atoms with Gasteiger partial charge in [-0.25, -0.2) is 4.79 Å². The van der Waals surface area contributed by atoms with Gasteiger partial charge in [-0.15, -0.1) is 0 Å². The monoisotopic (exact) mass is 668 g/mol. The number of ether oxygens (including phenoxy) is 1. The van der Waals surface area contributed by atoms with Gasteiger partial charge < -0.3 is 42.8 Å². The predicted molar refractivity (Wildman–Crippen MR) is 187 cm³/mol. The zero-order chi connectivity index (χ0) is 36.0. The molecular formula is C34H52N8O6. The van der Waals surface area contributed by atoms with Gasteiger partial charge in [-0.05, 0) is 74.8 Å². The lowest BCUT2D eigenvalue weighted by Gasteiger charge is -2.27. The molecule has 0 aliphatic rings. The van der Waals surface area contributed by atoms with Crippen LogP contribution in [-0.4, -0.2) is 72.5 Å². The summed E-state index contributed by atoms with van der Waals surface area (Å²) in [5.74, 6) is -2.58. The normalized spacial score (nSPS) is 13.2. The molecule has 0 saturated heterocycles. The number of hydrogen-bond donors (Lipinski definition) is 7. The number of nitrogens with one attached hydrogen (secondary N) is 5. The van der Waals surface area contributed by atoms with E-state index in [-0.39, 0.29) is 37.2 Å². The first-order chi connectivity index (χ1) is 22.4. The molecule has 0 aromatic heterocycles. The summed E-state index contributed by atoms with van der Waals surface area (Å²) in [5, 5.41) is 15.3. The molecule has 2 aromatic rings. The molecule has 0 aliphatic heterocycles. The van der Waals surface area contributed by atoms with Crippen molar-refractivity contribution in [1.29, 1.82) is 0 Å². The molecule has 2 rings (SSSR count). The van der Waals surface area contributed by atoms with E-state index in [1.54, 1.807) is 40.7 Å². The molecule has 5 amide bonds. The second-order valence-corrected chi connectivity index (χ2v) is 13.4. The van der Waals surface area contributed by atoms with Crippen LogP contribution in [0.25, 0.3) is 10.8 Å². The first-order valence-electron chi connectivity index (χ1n) is 16.2. The Morgan fingerprint density at radius 3 is 2.10 bits per heavy atom. The van der Waals surface area contributed by atoms with Crippen molar-refractivity contribution < 1.29 is 28.7 Å². The van der Waals surface area contributed by atoms with Gasteiger partial charge in [-0.1, -0.05) is 58.0 Å². The van der Waals surface area contributed by atoms with Gasteiger partial charge in [0.05, 0.1) is 6.54 Å². The Morgan fingerprint density at radius 2 is 1.50 bits per heavy atom. The van der Waals surface area contributed by atoms with E-state index in [1.165, 1.54) is 0 Å². The topological polar surface area (TPSA) is 219 Å². The van der Waals surface area contributed by atoms with Crippen LogP contribution in [0, 0.1) is 11.8 Å². The molecule has 2 aromatic carbocycles. The minimum Gasteiger partial charge on any atom is -0.444 e. The lowest BCUT2D eigenvalue weighted by molar-refractivity contribution is -0.132. The van der Waals surface area contributed by atoms with Gasteiger partial charge in [0.1, 0.15) is 23.7 Å². The van der Waals surface area contributed by atoms with Crippen molar-refractivity contribution in [3.63, 3.8) is 0 Å².